The summed E-state index contributed by atoms with van der Waals surface area (Å²) in [5.41, 5.74) is 1.67. The molecule has 0 spiro atoms. The molecule has 1 aromatic carbocycles. The molecule has 0 radical (unpaired) electrons. The summed E-state index contributed by atoms with van der Waals surface area (Å²) in [4.78, 5) is 38.0. The summed E-state index contributed by atoms with van der Waals surface area (Å²) in [5, 5.41) is 8.25. The van der Waals surface area contributed by atoms with Crippen molar-refractivity contribution in [1.29, 1.82) is 0 Å². The Morgan fingerprint density at radius 2 is 2.07 bits per heavy atom. The first-order chi connectivity index (χ1) is 13.5. The van der Waals surface area contributed by atoms with Gasteiger partial charge in [0.1, 0.15) is 5.75 Å². The van der Waals surface area contributed by atoms with Crippen LogP contribution in [0.5, 0.6) is 5.75 Å². The van der Waals surface area contributed by atoms with Gasteiger partial charge < -0.3 is 30.3 Å². The fourth-order valence-electron chi connectivity index (χ4n) is 3.24. The van der Waals surface area contributed by atoms with Crippen LogP contribution in [-0.4, -0.2) is 56.3 Å². The van der Waals surface area contributed by atoms with Crippen molar-refractivity contribution in [3.63, 3.8) is 0 Å². The largest absolute Gasteiger partial charge is 0.497 e. The zero-order chi connectivity index (χ0) is 20.1. The Morgan fingerprint density at radius 1 is 1.32 bits per heavy atom. The summed E-state index contributed by atoms with van der Waals surface area (Å²) in [5.74, 6) is 0.375. The number of benzene rings is 1. The van der Waals surface area contributed by atoms with Crippen LogP contribution in [0.4, 0.5) is 9.59 Å². The molecule has 150 valence electrons. The topological polar surface area (TPSA) is 109 Å². The van der Waals surface area contributed by atoms with Crippen molar-refractivity contribution in [2.45, 2.75) is 19.4 Å². The Hall–Kier alpha value is -3.23. The van der Waals surface area contributed by atoms with Gasteiger partial charge >= 0.3 is 12.1 Å². The number of carbonyl (C=O) groups is 3. The molecule has 1 fully saturated rings. The first-order valence-electron chi connectivity index (χ1n) is 9.11. The van der Waals surface area contributed by atoms with E-state index < -0.39 is 6.04 Å². The molecule has 3 N–H and O–H groups in total. The SMILES string of the molecule is COc1ccc([C@@H]2NC(=O)NC(C)=C2C(=O)NCCN2CCCOC2=O)cc1. The van der Waals surface area contributed by atoms with Crippen LogP contribution in [0.3, 0.4) is 0 Å². The maximum absolute atomic E-state index is 12.8. The Bertz CT molecular complexity index is 790. The molecule has 1 saturated heterocycles. The normalized spacial score (nSPS) is 19.5. The van der Waals surface area contributed by atoms with Crippen molar-refractivity contribution >= 4 is 18.0 Å². The van der Waals surface area contributed by atoms with Crippen molar-refractivity contribution in [2.75, 3.05) is 33.4 Å². The van der Waals surface area contributed by atoms with E-state index in [4.69, 9.17) is 9.47 Å². The van der Waals surface area contributed by atoms with Crippen molar-refractivity contribution in [1.82, 2.24) is 20.9 Å². The molecule has 0 aromatic heterocycles. The van der Waals surface area contributed by atoms with Crippen LogP contribution in [0.15, 0.2) is 35.5 Å². The number of urea groups is 1. The number of nitrogens with one attached hydrogen (secondary N) is 3. The van der Waals surface area contributed by atoms with Gasteiger partial charge in [0.25, 0.3) is 5.91 Å². The standard InChI is InChI=1S/C19H24N4O5/c1-12-15(17(24)20-8-10-23-9-3-11-28-19(23)26)16(22-18(25)21-12)13-4-6-14(27-2)7-5-13/h4-7,16H,3,8-11H2,1-2H3,(H,20,24)(H2,21,22,25)/t16-/m0/s1. The lowest BCUT2D eigenvalue weighted by Crippen LogP contribution is -2.48. The van der Waals surface area contributed by atoms with Crippen LogP contribution in [0.25, 0.3) is 0 Å². The highest BCUT2D eigenvalue weighted by Crippen LogP contribution is 2.28. The van der Waals surface area contributed by atoms with E-state index in [1.165, 1.54) is 0 Å². The molecular formula is C19H24N4O5. The highest BCUT2D eigenvalue weighted by Gasteiger charge is 2.31. The van der Waals surface area contributed by atoms with Gasteiger partial charge in [-0.15, -0.1) is 0 Å². The molecule has 0 bridgehead atoms. The van der Waals surface area contributed by atoms with Crippen LogP contribution in [0, 0.1) is 0 Å². The van der Waals surface area contributed by atoms with E-state index in [2.05, 4.69) is 16.0 Å². The predicted octanol–water partition coefficient (Wildman–Crippen LogP) is 1.28. The Morgan fingerprint density at radius 3 is 2.75 bits per heavy atom. The zero-order valence-electron chi connectivity index (χ0n) is 15.9. The highest BCUT2D eigenvalue weighted by molar-refractivity contribution is 5.98. The molecule has 2 aliphatic heterocycles. The lowest BCUT2D eigenvalue weighted by atomic mass is 9.95. The molecule has 3 rings (SSSR count). The van der Waals surface area contributed by atoms with E-state index in [0.717, 1.165) is 12.0 Å². The number of rotatable bonds is 6. The van der Waals surface area contributed by atoms with Crippen molar-refractivity contribution in [3.8, 4) is 5.75 Å². The van der Waals surface area contributed by atoms with E-state index in [9.17, 15) is 14.4 Å². The molecule has 28 heavy (non-hydrogen) atoms. The minimum atomic E-state index is -0.584. The highest BCUT2D eigenvalue weighted by atomic mass is 16.6. The summed E-state index contributed by atoms with van der Waals surface area (Å²) < 4.78 is 10.1. The van der Waals surface area contributed by atoms with Gasteiger partial charge in [-0.05, 0) is 31.0 Å². The number of carbonyl (C=O) groups excluding carboxylic acids is 3. The first-order valence-corrected chi connectivity index (χ1v) is 9.11. The average molecular weight is 388 g/mol. The molecular weight excluding hydrogens is 364 g/mol. The third kappa shape index (κ3) is 4.36. The quantitative estimate of drug-likeness (QED) is 0.680. The monoisotopic (exact) mass is 388 g/mol. The van der Waals surface area contributed by atoms with E-state index in [-0.39, 0.29) is 24.6 Å². The molecule has 0 aliphatic carbocycles. The van der Waals surface area contributed by atoms with Gasteiger partial charge in [-0.2, -0.15) is 0 Å². The molecule has 0 saturated carbocycles. The molecule has 2 aliphatic rings. The fourth-order valence-corrected chi connectivity index (χ4v) is 3.24. The number of hydrogen-bond acceptors (Lipinski definition) is 5. The second-order valence-corrected chi connectivity index (χ2v) is 6.55. The Labute approximate surface area is 163 Å². The molecule has 9 nitrogen and oxygen atoms in total. The summed E-state index contributed by atoms with van der Waals surface area (Å²) in [6.45, 7) is 3.38. The number of amides is 4. The lowest BCUT2D eigenvalue weighted by Gasteiger charge is -2.29. The van der Waals surface area contributed by atoms with Gasteiger partial charge in [-0.1, -0.05) is 12.1 Å². The van der Waals surface area contributed by atoms with E-state index in [1.54, 1.807) is 43.2 Å². The van der Waals surface area contributed by atoms with Crippen LogP contribution < -0.4 is 20.7 Å². The number of ether oxygens (including phenoxy) is 2. The summed E-state index contributed by atoms with van der Waals surface area (Å²) >= 11 is 0. The van der Waals surface area contributed by atoms with Crippen LogP contribution in [0.1, 0.15) is 24.9 Å². The van der Waals surface area contributed by atoms with Crippen molar-refractivity contribution in [3.05, 3.63) is 41.1 Å². The summed E-state index contributed by atoms with van der Waals surface area (Å²) in [7, 11) is 1.57. The maximum Gasteiger partial charge on any atom is 0.409 e. The van der Waals surface area contributed by atoms with Gasteiger partial charge in [-0.3, -0.25) is 4.79 Å². The minimum Gasteiger partial charge on any atom is -0.497 e. The molecule has 4 amide bonds. The van der Waals surface area contributed by atoms with Gasteiger partial charge in [0, 0.05) is 25.3 Å². The fraction of sp³-hybridized carbons (Fsp3) is 0.421. The average Bonchev–Trinajstić information content (AvgIpc) is 2.69. The minimum absolute atomic E-state index is 0.286. The van der Waals surface area contributed by atoms with Crippen molar-refractivity contribution in [2.24, 2.45) is 0 Å². The van der Waals surface area contributed by atoms with Crippen LogP contribution in [0.2, 0.25) is 0 Å². The van der Waals surface area contributed by atoms with Gasteiger partial charge in [0.05, 0.1) is 25.3 Å². The van der Waals surface area contributed by atoms with Crippen LogP contribution in [-0.2, 0) is 9.53 Å². The van der Waals surface area contributed by atoms with Gasteiger partial charge in [0.15, 0.2) is 0 Å². The number of allylic oxidation sites excluding steroid dienone is 1. The number of hydrogen-bond donors (Lipinski definition) is 3. The third-order valence-corrected chi connectivity index (χ3v) is 4.69. The predicted molar refractivity (Wildman–Crippen MR) is 101 cm³/mol. The smallest absolute Gasteiger partial charge is 0.409 e. The summed E-state index contributed by atoms with van der Waals surface area (Å²) in [6.07, 6.45) is 0.415. The molecule has 1 aromatic rings. The molecule has 9 heteroatoms. The number of methoxy groups -OCH3 is 1. The summed E-state index contributed by atoms with van der Waals surface area (Å²) in [6, 6.07) is 6.21. The second-order valence-electron chi connectivity index (χ2n) is 6.55. The molecule has 0 unspecified atom stereocenters. The molecule has 1 atom stereocenters. The Kier molecular flexibility index (Phi) is 6.03. The van der Waals surface area contributed by atoms with Gasteiger partial charge in [-0.25, -0.2) is 9.59 Å². The van der Waals surface area contributed by atoms with Crippen LogP contribution >= 0.6 is 0 Å². The third-order valence-electron chi connectivity index (χ3n) is 4.69. The van der Waals surface area contributed by atoms with Gasteiger partial charge in [0.2, 0.25) is 0 Å². The number of cyclic esters (lactones) is 1. The van der Waals surface area contributed by atoms with E-state index >= 15 is 0 Å². The van der Waals surface area contributed by atoms with Crippen molar-refractivity contribution < 1.29 is 23.9 Å². The lowest BCUT2D eigenvalue weighted by molar-refractivity contribution is -0.118. The zero-order valence-corrected chi connectivity index (χ0v) is 15.9. The first kappa shape index (κ1) is 19.5. The second kappa shape index (κ2) is 8.64. The molecule has 2 heterocycles. The number of nitrogens with zero attached hydrogens (tertiary/aromatic N) is 1. The maximum atomic E-state index is 12.8. The van der Waals surface area contributed by atoms with E-state index in [1.807, 2.05) is 0 Å². The Balaban J connectivity index is 1.70. The van der Waals surface area contributed by atoms with E-state index in [0.29, 0.717) is 36.7 Å².